The summed E-state index contributed by atoms with van der Waals surface area (Å²) in [5.74, 6) is -2.35. The van der Waals surface area contributed by atoms with Crippen LogP contribution in [0.2, 0.25) is 0 Å². The van der Waals surface area contributed by atoms with Crippen molar-refractivity contribution in [2.75, 3.05) is 6.61 Å². The van der Waals surface area contributed by atoms with E-state index in [2.05, 4.69) is 53.1 Å². The van der Waals surface area contributed by atoms with Crippen molar-refractivity contribution in [3.05, 3.63) is 48.5 Å². The van der Waals surface area contributed by atoms with Crippen LogP contribution in [-0.4, -0.2) is 34.1 Å². The number of carboxylic acids is 1. The van der Waals surface area contributed by atoms with Crippen LogP contribution in [0.3, 0.4) is 0 Å². The molecule has 0 aliphatic carbocycles. The number of fused-ring (bicyclic) bond motifs is 3. The van der Waals surface area contributed by atoms with E-state index < -0.39 is 11.8 Å². The van der Waals surface area contributed by atoms with Crippen LogP contribution in [0.1, 0.15) is 33.1 Å². The molecule has 2 aromatic carbocycles. The summed E-state index contributed by atoms with van der Waals surface area (Å²) in [6.45, 7) is 4.81. The predicted molar refractivity (Wildman–Crippen MR) is 109 cm³/mol. The number of hydrogen-bond donors (Lipinski definition) is 1. The predicted octanol–water partition coefficient (Wildman–Crippen LogP) is 4.82. The van der Waals surface area contributed by atoms with Gasteiger partial charge in [-0.05, 0) is 31.9 Å². The topological polar surface area (TPSA) is 60.7 Å². The van der Waals surface area contributed by atoms with E-state index in [1.807, 2.05) is 6.92 Å². The quantitative estimate of drug-likeness (QED) is 0.622. The van der Waals surface area contributed by atoms with Gasteiger partial charge in [0.1, 0.15) is 0 Å². The van der Waals surface area contributed by atoms with Crippen molar-refractivity contribution in [1.82, 2.24) is 4.57 Å². The van der Waals surface area contributed by atoms with Crippen LogP contribution >= 0.6 is 0 Å². The summed E-state index contributed by atoms with van der Waals surface area (Å²) in [4.78, 5) is 11.3. The number of rotatable bonds is 6. The van der Waals surface area contributed by atoms with E-state index in [4.69, 9.17) is 9.47 Å². The highest BCUT2D eigenvalue weighted by Gasteiger charge is 2.43. The fraction of sp³-hybridized carbons (Fsp3) is 0.435. The molecule has 1 fully saturated rings. The van der Waals surface area contributed by atoms with Crippen molar-refractivity contribution in [2.45, 2.75) is 51.5 Å². The highest BCUT2D eigenvalue weighted by atomic mass is 16.7. The Labute approximate surface area is 164 Å². The van der Waals surface area contributed by atoms with Gasteiger partial charge in [0.15, 0.2) is 0 Å². The molecule has 3 aromatic rings. The molecule has 1 saturated heterocycles. The molecule has 5 heteroatoms. The minimum atomic E-state index is -1.51. The van der Waals surface area contributed by atoms with Crippen molar-refractivity contribution in [3.8, 4) is 0 Å². The van der Waals surface area contributed by atoms with Gasteiger partial charge >= 0.3 is 5.97 Å². The average Bonchev–Trinajstić information content (AvgIpc) is 3.01. The highest BCUT2D eigenvalue weighted by Crippen LogP contribution is 2.31. The normalized spacial score (nSPS) is 25.4. The first-order chi connectivity index (χ1) is 13.5. The second kappa shape index (κ2) is 7.57. The number of ether oxygens (including phenoxy) is 2. The van der Waals surface area contributed by atoms with E-state index in [1.54, 1.807) is 0 Å². The molecule has 28 heavy (non-hydrogen) atoms. The molecule has 0 radical (unpaired) electrons. The summed E-state index contributed by atoms with van der Waals surface area (Å²) >= 11 is 0. The van der Waals surface area contributed by atoms with Crippen molar-refractivity contribution in [2.24, 2.45) is 5.92 Å². The maximum Gasteiger partial charge on any atom is 0.364 e. The van der Waals surface area contributed by atoms with E-state index in [-0.39, 0.29) is 12.0 Å². The van der Waals surface area contributed by atoms with Crippen molar-refractivity contribution in [3.63, 3.8) is 0 Å². The Morgan fingerprint density at radius 3 is 2.29 bits per heavy atom. The second-order valence-corrected chi connectivity index (χ2v) is 7.83. The molecule has 3 unspecified atom stereocenters. The molecule has 0 bridgehead atoms. The Kier molecular flexibility index (Phi) is 5.13. The van der Waals surface area contributed by atoms with E-state index in [0.29, 0.717) is 6.61 Å². The summed E-state index contributed by atoms with van der Waals surface area (Å²) in [7, 11) is 0. The number of para-hydroxylation sites is 2. The zero-order chi connectivity index (χ0) is 19.7. The second-order valence-electron chi connectivity index (χ2n) is 7.83. The van der Waals surface area contributed by atoms with Gasteiger partial charge in [0.2, 0.25) is 0 Å². The molecule has 0 spiro atoms. The number of nitrogens with zero attached hydrogens (tertiary/aromatic N) is 1. The standard InChI is InChI=1S/C23H27NO4/c1-16-17(15-27-23(2,28-16)22(25)26)9-7-8-14-24-20-12-5-3-10-18(20)19-11-4-6-13-21(19)24/h3-6,10-13,16-17H,7-9,14-15H2,1-2H3,(H,25,26). The highest BCUT2D eigenvalue weighted by molar-refractivity contribution is 6.07. The largest absolute Gasteiger partial charge is 0.477 e. The molecule has 148 valence electrons. The number of carbonyl (C=O) groups is 1. The minimum absolute atomic E-state index is 0.122. The molecule has 3 atom stereocenters. The first-order valence-corrected chi connectivity index (χ1v) is 10.0. The molecule has 0 amide bonds. The fourth-order valence-electron chi connectivity index (χ4n) is 4.24. The van der Waals surface area contributed by atoms with Gasteiger partial charge in [-0.1, -0.05) is 42.8 Å². The molecule has 1 aliphatic heterocycles. The van der Waals surface area contributed by atoms with Crippen LogP contribution < -0.4 is 0 Å². The van der Waals surface area contributed by atoms with Gasteiger partial charge in [-0.3, -0.25) is 0 Å². The Hall–Kier alpha value is -2.37. The number of aromatic nitrogens is 1. The lowest BCUT2D eigenvalue weighted by molar-refractivity contribution is -0.292. The Morgan fingerprint density at radius 1 is 1.11 bits per heavy atom. The van der Waals surface area contributed by atoms with Gasteiger partial charge in [0.05, 0.1) is 12.7 Å². The zero-order valence-electron chi connectivity index (χ0n) is 16.4. The first kappa shape index (κ1) is 19.0. The van der Waals surface area contributed by atoms with E-state index in [1.165, 1.54) is 28.7 Å². The molecule has 1 N–H and O–H groups in total. The van der Waals surface area contributed by atoms with Crippen LogP contribution in [0.15, 0.2) is 48.5 Å². The average molecular weight is 381 g/mol. The van der Waals surface area contributed by atoms with Crippen LogP contribution in [0.25, 0.3) is 21.8 Å². The van der Waals surface area contributed by atoms with Gasteiger partial charge in [-0.2, -0.15) is 0 Å². The third kappa shape index (κ3) is 3.40. The Bertz CT molecular complexity index is 941. The summed E-state index contributed by atoms with van der Waals surface area (Å²) < 4.78 is 13.5. The lowest BCUT2D eigenvalue weighted by Crippen LogP contribution is -2.51. The van der Waals surface area contributed by atoms with E-state index >= 15 is 0 Å². The van der Waals surface area contributed by atoms with Crippen LogP contribution in [-0.2, 0) is 20.8 Å². The summed E-state index contributed by atoms with van der Waals surface area (Å²) in [6, 6.07) is 17.1. The molecule has 1 aliphatic rings. The number of unbranched alkanes of at least 4 members (excludes halogenated alkanes) is 1. The number of aryl methyl sites for hydroxylation is 1. The summed E-state index contributed by atoms with van der Waals surface area (Å²) in [5.41, 5.74) is 2.55. The maximum absolute atomic E-state index is 11.3. The Balaban J connectivity index is 1.39. The fourth-order valence-corrected chi connectivity index (χ4v) is 4.24. The summed E-state index contributed by atoms with van der Waals surface area (Å²) in [5, 5.41) is 11.8. The smallest absolute Gasteiger partial charge is 0.364 e. The third-order valence-corrected chi connectivity index (χ3v) is 5.92. The maximum atomic E-state index is 11.3. The van der Waals surface area contributed by atoms with Crippen molar-refractivity contribution in [1.29, 1.82) is 0 Å². The van der Waals surface area contributed by atoms with Crippen molar-refractivity contribution < 1.29 is 19.4 Å². The molecule has 2 heterocycles. The van der Waals surface area contributed by atoms with Crippen LogP contribution in [0.4, 0.5) is 0 Å². The number of hydrogen-bond acceptors (Lipinski definition) is 3. The molecule has 5 nitrogen and oxygen atoms in total. The third-order valence-electron chi connectivity index (χ3n) is 5.92. The number of aliphatic carboxylic acids is 1. The van der Waals surface area contributed by atoms with Gasteiger partial charge in [-0.15, -0.1) is 0 Å². The molecular formula is C23H27NO4. The van der Waals surface area contributed by atoms with Gasteiger partial charge < -0.3 is 19.1 Å². The minimum Gasteiger partial charge on any atom is -0.477 e. The summed E-state index contributed by atoms with van der Waals surface area (Å²) in [6.07, 6.45) is 2.95. The van der Waals surface area contributed by atoms with E-state index in [0.717, 1.165) is 25.8 Å². The number of carboxylic acid groups (broad SMARTS) is 1. The number of benzene rings is 2. The van der Waals surface area contributed by atoms with Gasteiger partial charge in [-0.25, -0.2) is 4.79 Å². The van der Waals surface area contributed by atoms with Crippen LogP contribution in [0.5, 0.6) is 0 Å². The molecular weight excluding hydrogens is 354 g/mol. The van der Waals surface area contributed by atoms with Crippen LogP contribution in [0, 0.1) is 5.92 Å². The molecule has 0 saturated carbocycles. The zero-order valence-corrected chi connectivity index (χ0v) is 16.4. The SMILES string of the molecule is CC1OC(C)(C(=O)O)OCC1CCCCn1c2ccccc2c2ccccc21. The van der Waals surface area contributed by atoms with Crippen molar-refractivity contribution >= 4 is 27.8 Å². The lowest BCUT2D eigenvalue weighted by atomic mass is 9.96. The van der Waals surface area contributed by atoms with Gasteiger partial charge in [0, 0.05) is 41.2 Å². The van der Waals surface area contributed by atoms with E-state index in [9.17, 15) is 9.90 Å². The first-order valence-electron chi connectivity index (χ1n) is 10.0. The lowest BCUT2D eigenvalue weighted by Gasteiger charge is -2.39. The molecule has 4 rings (SSSR count). The van der Waals surface area contributed by atoms with Gasteiger partial charge in [0.25, 0.3) is 5.79 Å². The monoisotopic (exact) mass is 381 g/mol. The Morgan fingerprint density at radius 2 is 1.71 bits per heavy atom. The molecule has 1 aromatic heterocycles.